The molecule has 0 N–H and O–H groups in total. The van der Waals surface area contributed by atoms with E-state index < -0.39 is 0 Å². The fourth-order valence-electron chi connectivity index (χ4n) is 3.19. The summed E-state index contributed by atoms with van der Waals surface area (Å²) < 4.78 is 10.9. The number of benzene rings is 2. The van der Waals surface area contributed by atoms with Gasteiger partial charge in [0.25, 0.3) is 0 Å². The maximum absolute atomic E-state index is 12.7. The third-order valence-corrected chi connectivity index (χ3v) is 4.89. The predicted molar refractivity (Wildman–Crippen MR) is 110 cm³/mol. The summed E-state index contributed by atoms with van der Waals surface area (Å²) >= 11 is 0. The van der Waals surface area contributed by atoms with Crippen molar-refractivity contribution in [2.24, 2.45) is 0 Å². The molecule has 0 bridgehead atoms. The number of rotatable bonds is 2. The number of esters is 1. The van der Waals surface area contributed by atoms with Crippen molar-refractivity contribution in [2.45, 2.75) is 52.4 Å². The van der Waals surface area contributed by atoms with Gasteiger partial charge in [0.15, 0.2) is 0 Å². The van der Waals surface area contributed by atoms with Crippen LogP contribution >= 0.6 is 0 Å². The van der Waals surface area contributed by atoms with E-state index in [4.69, 9.17) is 9.47 Å². The molecule has 1 aliphatic rings. The van der Waals surface area contributed by atoms with Crippen molar-refractivity contribution in [2.75, 3.05) is 7.11 Å². The van der Waals surface area contributed by atoms with Gasteiger partial charge in [0, 0.05) is 11.1 Å². The van der Waals surface area contributed by atoms with Crippen LogP contribution in [-0.2, 0) is 15.6 Å². The first-order valence-electron chi connectivity index (χ1n) is 9.28. The van der Waals surface area contributed by atoms with Crippen LogP contribution < -0.4 is 9.47 Å². The largest absolute Gasteiger partial charge is 0.497 e. The summed E-state index contributed by atoms with van der Waals surface area (Å²) in [5.74, 6) is 1.19. The number of hydrogen-bond acceptors (Lipinski definition) is 3. The number of hydrogen-bond donors (Lipinski definition) is 0. The molecule has 1 heterocycles. The number of carbonyl (C=O) groups is 1. The number of fused-ring (bicyclic) bond motifs is 1. The van der Waals surface area contributed by atoms with E-state index in [-0.39, 0.29) is 16.8 Å². The molecule has 0 aromatic heterocycles. The minimum Gasteiger partial charge on any atom is -0.497 e. The lowest BCUT2D eigenvalue weighted by molar-refractivity contribution is -0.127. The summed E-state index contributed by atoms with van der Waals surface area (Å²) in [5, 5.41) is 0. The molecule has 2 aromatic rings. The third-order valence-electron chi connectivity index (χ3n) is 4.89. The van der Waals surface area contributed by atoms with Crippen LogP contribution in [0.2, 0.25) is 0 Å². The predicted octanol–water partition coefficient (Wildman–Crippen LogP) is 5.75. The van der Waals surface area contributed by atoms with Crippen molar-refractivity contribution in [1.29, 1.82) is 0 Å². The third kappa shape index (κ3) is 3.78. The summed E-state index contributed by atoms with van der Waals surface area (Å²) in [7, 11) is 1.64. The van der Waals surface area contributed by atoms with Crippen LogP contribution in [0.1, 0.15) is 63.8 Å². The van der Waals surface area contributed by atoms with Gasteiger partial charge < -0.3 is 9.47 Å². The molecule has 0 atom stereocenters. The van der Waals surface area contributed by atoms with Crippen LogP contribution in [0.4, 0.5) is 0 Å². The summed E-state index contributed by atoms with van der Waals surface area (Å²) in [6.07, 6.45) is 1.90. The summed E-state index contributed by atoms with van der Waals surface area (Å²) in [6, 6.07) is 11.9. The Morgan fingerprint density at radius 3 is 2.07 bits per heavy atom. The Morgan fingerprint density at radius 2 is 1.56 bits per heavy atom. The second kappa shape index (κ2) is 6.56. The molecule has 1 aliphatic heterocycles. The van der Waals surface area contributed by atoms with Crippen molar-refractivity contribution in [3.8, 4) is 11.5 Å². The SMILES string of the molecule is COc1ccc(/C=C2/C(=O)Oc3c2cc(C(C)(C)C)cc3C(C)(C)C)cc1. The zero-order chi connectivity index (χ0) is 20.0. The normalized spacial score (nSPS) is 15.7. The molecule has 3 rings (SSSR count). The van der Waals surface area contributed by atoms with E-state index in [1.54, 1.807) is 7.11 Å². The molecule has 0 saturated heterocycles. The van der Waals surface area contributed by atoms with Crippen molar-refractivity contribution < 1.29 is 14.3 Å². The first kappa shape index (κ1) is 19.2. The lowest BCUT2D eigenvalue weighted by atomic mass is 9.78. The Kier molecular flexibility index (Phi) is 4.67. The van der Waals surface area contributed by atoms with Gasteiger partial charge in [-0.2, -0.15) is 0 Å². The first-order chi connectivity index (χ1) is 12.5. The van der Waals surface area contributed by atoms with E-state index in [0.29, 0.717) is 11.3 Å². The van der Waals surface area contributed by atoms with Crippen LogP contribution in [0, 0.1) is 0 Å². The second-order valence-corrected chi connectivity index (χ2v) is 9.12. The van der Waals surface area contributed by atoms with E-state index in [1.165, 1.54) is 5.56 Å². The van der Waals surface area contributed by atoms with Gasteiger partial charge in [-0.1, -0.05) is 59.7 Å². The zero-order valence-corrected chi connectivity index (χ0v) is 17.3. The Balaban J connectivity index is 2.19. The highest BCUT2D eigenvalue weighted by atomic mass is 16.5. The summed E-state index contributed by atoms with van der Waals surface area (Å²) in [6.45, 7) is 13.0. The highest BCUT2D eigenvalue weighted by Crippen LogP contribution is 2.45. The molecule has 0 fully saturated rings. The Morgan fingerprint density at radius 1 is 0.926 bits per heavy atom. The minimum atomic E-state index is -0.294. The van der Waals surface area contributed by atoms with Gasteiger partial charge in [-0.3, -0.25) is 0 Å². The summed E-state index contributed by atoms with van der Waals surface area (Å²) in [4.78, 5) is 12.7. The number of ether oxygens (including phenoxy) is 2. The van der Waals surface area contributed by atoms with Gasteiger partial charge in [-0.25, -0.2) is 4.79 Å². The average molecular weight is 364 g/mol. The molecule has 0 amide bonds. The quantitative estimate of drug-likeness (QED) is 0.387. The molecule has 0 unspecified atom stereocenters. The Bertz CT molecular complexity index is 904. The lowest BCUT2D eigenvalue weighted by Gasteiger charge is -2.26. The smallest absolute Gasteiger partial charge is 0.344 e. The molecule has 0 saturated carbocycles. The minimum absolute atomic E-state index is 0.0219. The van der Waals surface area contributed by atoms with E-state index in [1.807, 2.05) is 30.3 Å². The van der Waals surface area contributed by atoms with Crippen molar-refractivity contribution in [3.05, 3.63) is 58.7 Å². The van der Waals surface area contributed by atoms with E-state index >= 15 is 0 Å². The molecule has 0 radical (unpaired) electrons. The molecule has 142 valence electrons. The second-order valence-electron chi connectivity index (χ2n) is 9.12. The fourth-order valence-corrected chi connectivity index (χ4v) is 3.19. The topological polar surface area (TPSA) is 35.5 Å². The van der Waals surface area contributed by atoms with Crippen LogP contribution in [-0.4, -0.2) is 13.1 Å². The molecule has 0 aliphatic carbocycles. The number of methoxy groups -OCH3 is 1. The molecular weight excluding hydrogens is 336 g/mol. The maximum atomic E-state index is 12.7. The van der Waals surface area contributed by atoms with Crippen molar-refractivity contribution in [3.63, 3.8) is 0 Å². The van der Waals surface area contributed by atoms with Gasteiger partial charge >= 0.3 is 5.97 Å². The molecule has 0 spiro atoms. The Labute approximate surface area is 162 Å². The van der Waals surface area contributed by atoms with Gasteiger partial charge in [0.05, 0.1) is 12.7 Å². The van der Waals surface area contributed by atoms with Crippen LogP contribution in [0.25, 0.3) is 11.6 Å². The average Bonchev–Trinajstić information content (AvgIpc) is 2.88. The van der Waals surface area contributed by atoms with Gasteiger partial charge in [-0.05, 0) is 46.2 Å². The van der Waals surface area contributed by atoms with Crippen LogP contribution in [0.15, 0.2) is 36.4 Å². The lowest BCUT2D eigenvalue weighted by Crippen LogP contribution is -2.17. The molecule has 2 aromatic carbocycles. The monoisotopic (exact) mass is 364 g/mol. The summed E-state index contributed by atoms with van der Waals surface area (Å²) in [5.41, 5.74) is 4.54. The van der Waals surface area contributed by atoms with Crippen molar-refractivity contribution in [1.82, 2.24) is 0 Å². The van der Waals surface area contributed by atoms with Gasteiger partial charge in [-0.15, -0.1) is 0 Å². The standard InChI is InChI=1S/C24H28O3/c1-23(2,3)16-13-18-19(12-15-8-10-17(26-7)11-9-15)22(25)27-21(18)20(14-16)24(4,5)6/h8-14H,1-7H3/b19-12+. The van der Waals surface area contributed by atoms with Gasteiger partial charge in [0.1, 0.15) is 11.5 Å². The molecular formula is C24H28O3. The van der Waals surface area contributed by atoms with Crippen LogP contribution in [0.5, 0.6) is 11.5 Å². The van der Waals surface area contributed by atoms with E-state index in [2.05, 4.69) is 53.7 Å². The van der Waals surface area contributed by atoms with Gasteiger partial charge in [0.2, 0.25) is 0 Å². The van der Waals surface area contributed by atoms with Crippen LogP contribution in [0.3, 0.4) is 0 Å². The zero-order valence-electron chi connectivity index (χ0n) is 17.3. The number of carbonyl (C=O) groups excluding carboxylic acids is 1. The maximum Gasteiger partial charge on any atom is 0.344 e. The molecule has 3 heteroatoms. The van der Waals surface area contributed by atoms with E-state index in [0.717, 1.165) is 22.4 Å². The molecule has 27 heavy (non-hydrogen) atoms. The highest BCUT2D eigenvalue weighted by molar-refractivity contribution is 6.26. The Hall–Kier alpha value is -2.55. The highest BCUT2D eigenvalue weighted by Gasteiger charge is 2.34. The fraction of sp³-hybridized carbons (Fsp3) is 0.375. The van der Waals surface area contributed by atoms with Crippen molar-refractivity contribution >= 4 is 17.6 Å². The first-order valence-corrected chi connectivity index (χ1v) is 9.28. The molecule has 3 nitrogen and oxygen atoms in total. The van der Waals surface area contributed by atoms with E-state index in [9.17, 15) is 4.79 Å².